The van der Waals surface area contributed by atoms with Crippen LogP contribution in [0.2, 0.25) is 0 Å². The molecule has 0 aromatic heterocycles. The summed E-state index contributed by atoms with van der Waals surface area (Å²) < 4.78 is 2.17. The molecule has 0 atom stereocenters. The Kier molecular flexibility index (Phi) is 4.54. The highest BCUT2D eigenvalue weighted by atomic mass is 79.9. The smallest absolute Gasteiger partial charge is 0.0453 e. The number of nitrogen functional groups attached to an aromatic ring is 1. The first kappa shape index (κ1) is 13.0. The molecule has 0 saturated heterocycles. The summed E-state index contributed by atoms with van der Waals surface area (Å²) in [6.45, 7) is 0. The number of hydrogen-bond donors (Lipinski definition) is 1. The molecule has 17 heavy (non-hydrogen) atoms. The van der Waals surface area contributed by atoms with Gasteiger partial charge in [0.2, 0.25) is 0 Å². The van der Waals surface area contributed by atoms with Crippen molar-refractivity contribution >= 4 is 49.3 Å². The molecule has 2 N–H and O–H groups in total. The van der Waals surface area contributed by atoms with Crippen molar-refractivity contribution < 1.29 is 0 Å². The minimum atomic E-state index is 0.827. The zero-order valence-electron chi connectivity index (χ0n) is 8.99. The Hall–Kier alpha value is -0.450. The second-order valence-electron chi connectivity index (χ2n) is 3.60. The van der Waals surface area contributed by atoms with Crippen molar-refractivity contribution in [1.29, 1.82) is 0 Å². The van der Waals surface area contributed by atoms with Gasteiger partial charge in [-0.2, -0.15) is 0 Å². The van der Waals surface area contributed by atoms with Crippen LogP contribution in [-0.4, -0.2) is 0 Å². The van der Waals surface area contributed by atoms with Crippen molar-refractivity contribution in [2.45, 2.75) is 10.6 Å². The fraction of sp³-hybridized carbons (Fsp3) is 0.0769. The van der Waals surface area contributed by atoms with Crippen molar-refractivity contribution in [3.63, 3.8) is 0 Å². The van der Waals surface area contributed by atoms with Crippen LogP contribution in [0.25, 0.3) is 0 Å². The third kappa shape index (κ3) is 3.76. The van der Waals surface area contributed by atoms with Gasteiger partial charge < -0.3 is 5.73 Å². The molecule has 0 bridgehead atoms. The minimum absolute atomic E-state index is 0.827. The summed E-state index contributed by atoms with van der Waals surface area (Å²) in [5, 5.41) is 0. The first-order chi connectivity index (χ1) is 8.15. The van der Waals surface area contributed by atoms with Crippen LogP contribution >= 0.6 is 43.6 Å². The van der Waals surface area contributed by atoms with Gasteiger partial charge in [0, 0.05) is 25.3 Å². The van der Waals surface area contributed by atoms with Gasteiger partial charge in [0.05, 0.1) is 0 Å². The van der Waals surface area contributed by atoms with E-state index in [2.05, 4.69) is 50.1 Å². The number of anilines is 1. The lowest BCUT2D eigenvalue weighted by Gasteiger charge is -2.06. The molecule has 0 amide bonds. The van der Waals surface area contributed by atoms with Gasteiger partial charge in [0.15, 0.2) is 0 Å². The Morgan fingerprint density at radius 2 is 1.76 bits per heavy atom. The Bertz CT molecular complexity index is 529. The summed E-state index contributed by atoms with van der Waals surface area (Å²) in [7, 11) is 0. The van der Waals surface area contributed by atoms with Gasteiger partial charge in [-0.05, 0) is 35.9 Å². The normalized spacial score (nSPS) is 10.5. The Labute approximate surface area is 122 Å². The van der Waals surface area contributed by atoms with Crippen LogP contribution in [0.15, 0.2) is 56.3 Å². The van der Waals surface area contributed by atoms with E-state index in [0.29, 0.717) is 0 Å². The lowest BCUT2D eigenvalue weighted by molar-refractivity contribution is 1.37. The quantitative estimate of drug-likeness (QED) is 0.600. The maximum atomic E-state index is 5.93. The highest BCUT2D eigenvalue weighted by molar-refractivity contribution is 9.10. The Morgan fingerprint density at radius 3 is 2.53 bits per heavy atom. The molecule has 1 nitrogen and oxygen atoms in total. The van der Waals surface area contributed by atoms with E-state index in [0.717, 1.165) is 25.3 Å². The van der Waals surface area contributed by atoms with Gasteiger partial charge >= 0.3 is 0 Å². The van der Waals surface area contributed by atoms with E-state index < -0.39 is 0 Å². The van der Waals surface area contributed by atoms with E-state index in [1.165, 1.54) is 5.56 Å². The van der Waals surface area contributed by atoms with Crippen molar-refractivity contribution in [1.82, 2.24) is 0 Å². The van der Waals surface area contributed by atoms with Crippen LogP contribution in [0.3, 0.4) is 0 Å². The number of hydrogen-bond acceptors (Lipinski definition) is 2. The van der Waals surface area contributed by atoms with Crippen molar-refractivity contribution in [2.75, 3.05) is 5.73 Å². The molecule has 0 radical (unpaired) electrons. The van der Waals surface area contributed by atoms with E-state index in [1.807, 2.05) is 24.3 Å². The molecule has 2 aromatic carbocycles. The second-order valence-corrected chi connectivity index (χ2v) is 6.45. The number of rotatable bonds is 3. The highest BCUT2D eigenvalue weighted by Gasteiger charge is 2.02. The molecular formula is C13H11Br2NS. The van der Waals surface area contributed by atoms with Gasteiger partial charge in [-0.25, -0.2) is 0 Å². The first-order valence-electron chi connectivity index (χ1n) is 5.07. The summed E-state index contributed by atoms with van der Waals surface area (Å²) in [5.74, 6) is 0.917. The van der Waals surface area contributed by atoms with Crippen molar-refractivity contribution in [3.05, 3.63) is 57.0 Å². The molecule has 4 heteroatoms. The average molecular weight is 373 g/mol. The highest BCUT2D eigenvalue weighted by Crippen LogP contribution is 2.31. The molecule has 0 unspecified atom stereocenters. The number of nitrogens with two attached hydrogens (primary N) is 1. The van der Waals surface area contributed by atoms with Crippen LogP contribution in [0.4, 0.5) is 5.69 Å². The Morgan fingerprint density at radius 1 is 1.00 bits per heavy atom. The third-order valence-corrected chi connectivity index (χ3v) is 4.39. The molecule has 0 heterocycles. The van der Waals surface area contributed by atoms with Crippen molar-refractivity contribution in [3.8, 4) is 0 Å². The number of benzene rings is 2. The van der Waals surface area contributed by atoms with E-state index >= 15 is 0 Å². The lowest BCUT2D eigenvalue weighted by Crippen LogP contribution is -1.89. The zero-order chi connectivity index (χ0) is 12.3. The van der Waals surface area contributed by atoms with E-state index in [9.17, 15) is 0 Å². The molecular weight excluding hydrogens is 362 g/mol. The summed E-state index contributed by atoms with van der Waals surface area (Å²) >= 11 is 8.68. The first-order valence-corrected chi connectivity index (χ1v) is 7.64. The van der Waals surface area contributed by atoms with Crippen LogP contribution in [0.5, 0.6) is 0 Å². The maximum Gasteiger partial charge on any atom is 0.0453 e. The number of halogens is 2. The lowest BCUT2D eigenvalue weighted by atomic mass is 10.2. The predicted molar refractivity (Wildman–Crippen MR) is 82.3 cm³/mol. The Balaban J connectivity index is 2.09. The van der Waals surface area contributed by atoms with Crippen molar-refractivity contribution in [2.24, 2.45) is 0 Å². The van der Waals surface area contributed by atoms with Crippen LogP contribution in [-0.2, 0) is 5.75 Å². The molecule has 0 aliphatic rings. The SMILES string of the molecule is Nc1ccc(Br)cc1SCc1cccc(Br)c1. The summed E-state index contributed by atoms with van der Waals surface area (Å²) in [6.07, 6.45) is 0. The molecule has 0 aliphatic heterocycles. The van der Waals surface area contributed by atoms with Crippen LogP contribution in [0, 0.1) is 0 Å². The van der Waals surface area contributed by atoms with Crippen LogP contribution < -0.4 is 5.73 Å². The monoisotopic (exact) mass is 371 g/mol. The zero-order valence-corrected chi connectivity index (χ0v) is 13.0. The molecule has 88 valence electrons. The summed E-state index contributed by atoms with van der Waals surface area (Å²) in [4.78, 5) is 1.11. The summed E-state index contributed by atoms with van der Waals surface area (Å²) in [5.41, 5.74) is 8.04. The molecule has 2 rings (SSSR count). The minimum Gasteiger partial charge on any atom is -0.398 e. The van der Waals surface area contributed by atoms with Gasteiger partial charge in [0.1, 0.15) is 0 Å². The van der Waals surface area contributed by atoms with E-state index in [4.69, 9.17) is 5.73 Å². The fourth-order valence-corrected chi connectivity index (χ4v) is 3.33. The number of thioether (sulfide) groups is 1. The van der Waals surface area contributed by atoms with Gasteiger partial charge in [-0.1, -0.05) is 44.0 Å². The molecule has 0 fully saturated rings. The second kappa shape index (κ2) is 5.94. The molecule has 0 saturated carbocycles. The van der Waals surface area contributed by atoms with Gasteiger partial charge in [-0.3, -0.25) is 0 Å². The fourth-order valence-electron chi connectivity index (χ4n) is 1.42. The topological polar surface area (TPSA) is 26.0 Å². The van der Waals surface area contributed by atoms with Gasteiger partial charge in [0.25, 0.3) is 0 Å². The standard InChI is InChI=1S/C13H11Br2NS/c14-10-3-1-2-9(6-10)8-17-13-7-11(15)4-5-12(13)16/h1-7H,8,16H2. The van der Waals surface area contributed by atoms with Crippen LogP contribution in [0.1, 0.15) is 5.56 Å². The molecule has 0 spiro atoms. The largest absolute Gasteiger partial charge is 0.398 e. The molecule has 2 aromatic rings. The maximum absolute atomic E-state index is 5.93. The van der Waals surface area contributed by atoms with Gasteiger partial charge in [-0.15, -0.1) is 11.8 Å². The third-order valence-electron chi connectivity index (χ3n) is 2.26. The predicted octanol–water partition coefficient (Wildman–Crippen LogP) is 5.09. The summed E-state index contributed by atoms with van der Waals surface area (Å²) in [6, 6.07) is 14.3. The molecule has 0 aliphatic carbocycles. The average Bonchev–Trinajstić information content (AvgIpc) is 2.30. The van der Waals surface area contributed by atoms with E-state index in [1.54, 1.807) is 11.8 Å². The van der Waals surface area contributed by atoms with E-state index in [-0.39, 0.29) is 0 Å².